The molecule has 0 aliphatic carbocycles. The zero-order valence-electron chi connectivity index (χ0n) is 14.5. The van der Waals surface area contributed by atoms with Gasteiger partial charge in [-0.1, -0.05) is 35.9 Å². The van der Waals surface area contributed by atoms with Crippen molar-refractivity contribution in [2.75, 3.05) is 11.4 Å². The Labute approximate surface area is 160 Å². The Morgan fingerprint density at radius 1 is 1.19 bits per heavy atom. The summed E-state index contributed by atoms with van der Waals surface area (Å²) in [5.41, 5.74) is 2.35. The zero-order chi connectivity index (χ0) is 18.8. The van der Waals surface area contributed by atoms with Crippen LogP contribution in [0.3, 0.4) is 0 Å². The highest BCUT2D eigenvalue weighted by Crippen LogP contribution is 2.28. The van der Waals surface area contributed by atoms with Crippen LogP contribution in [0.2, 0.25) is 5.02 Å². The number of ether oxygens (including phenoxy) is 1. The third-order valence-corrected chi connectivity index (χ3v) is 4.97. The fourth-order valence-electron chi connectivity index (χ4n) is 3.21. The minimum atomic E-state index is -0.476. The van der Waals surface area contributed by atoms with Gasteiger partial charge in [0.1, 0.15) is 24.4 Å². The fraction of sp³-hybridized carbons (Fsp3) is 0.190. The molecular formula is C21H17ClFNO3. The number of nitrogens with zero attached hydrogens (tertiary/aromatic N) is 1. The standard InChI is InChI=1S/C21H17ClFNO3/c22-17-5-3-6-18(23)16(17)12-27-21-13-26-15(10-20(21)25)11-24-9-8-14-4-1-2-7-19(14)24/h1-7,10,13H,8-9,11-12H2. The third-order valence-electron chi connectivity index (χ3n) is 4.62. The topological polar surface area (TPSA) is 42.7 Å². The van der Waals surface area contributed by atoms with Gasteiger partial charge >= 0.3 is 0 Å². The van der Waals surface area contributed by atoms with Crippen LogP contribution in [0.1, 0.15) is 16.9 Å². The van der Waals surface area contributed by atoms with Crippen LogP contribution in [0.15, 0.2) is 64.0 Å². The number of para-hydroxylation sites is 1. The van der Waals surface area contributed by atoms with E-state index in [1.165, 1.54) is 30.0 Å². The summed E-state index contributed by atoms with van der Waals surface area (Å²) < 4.78 is 24.8. The third kappa shape index (κ3) is 3.69. The molecule has 0 bridgehead atoms. The molecule has 138 valence electrons. The van der Waals surface area contributed by atoms with Crippen LogP contribution in [-0.2, 0) is 19.6 Å². The maximum Gasteiger partial charge on any atom is 0.227 e. The summed E-state index contributed by atoms with van der Waals surface area (Å²) in [5, 5.41) is 0.253. The van der Waals surface area contributed by atoms with Gasteiger partial charge in [-0.05, 0) is 30.2 Å². The summed E-state index contributed by atoms with van der Waals surface area (Å²) in [7, 11) is 0. The van der Waals surface area contributed by atoms with E-state index in [2.05, 4.69) is 17.0 Å². The second kappa shape index (κ2) is 7.45. The van der Waals surface area contributed by atoms with Crippen molar-refractivity contribution >= 4 is 17.3 Å². The number of hydrogen-bond donors (Lipinski definition) is 0. The van der Waals surface area contributed by atoms with Crippen molar-refractivity contribution in [3.05, 3.63) is 92.7 Å². The molecule has 0 saturated carbocycles. The lowest BCUT2D eigenvalue weighted by Crippen LogP contribution is -2.20. The molecule has 4 nitrogen and oxygen atoms in total. The van der Waals surface area contributed by atoms with Gasteiger partial charge in [0.15, 0.2) is 0 Å². The highest BCUT2D eigenvalue weighted by Gasteiger charge is 2.19. The minimum Gasteiger partial charge on any atom is -0.482 e. The van der Waals surface area contributed by atoms with Crippen molar-refractivity contribution in [3.8, 4) is 5.75 Å². The Morgan fingerprint density at radius 2 is 2.04 bits per heavy atom. The molecule has 1 aliphatic rings. The Kier molecular flexibility index (Phi) is 4.86. The highest BCUT2D eigenvalue weighted by atomic mass is 35.5. The predicted octanol–water partition coefficient (Wildman–Crippen LogP) is 4.57. The first-order chi connectivity index (χ1) is 13.1. The molecule has 2 aromatic carbocycles. The van der Waals surface area contributed by atoms with Crippen LogP contribution < -0.4 is 15.1 Å². The SMILES string of the molecule is O=c1cc(CN2CCc3ccccc32)occ1OCc1c(F)cccc1Cl. The summed E-state index contributed by atoms with van der Waals surface area (Å²) in [6, 6.07) is 14.0. The Hall–Kier alpha value is -2.79. The molecule has 6 heteroatoms. The van der Waals surface area contributed by atoms with E-state index in [1.54, 1.807) is 6.07 Å². The van der Waals surface area contributed by atoms with Crippen LogP contribution >= 0.6 is 11.6 Å². The largest absolute Gasteiger partial charge is 0.482 e. The molecular weight excluding hydrogens is 369 g/mol. The van der Waals surface area contributed by atoms with Gasteiger partial charge in [0.25, 0.3) is 0 Å². The number of benzene rings is 2. The Balaban J connectivity index is 1.46. The first-order valence-electron chi connectivity index (χ1n) is 8.62. The molecule has 1 aliphatic heterocycles. The number of fused-ring (bicyclic) bond motifs is 1. The summed E-state index contributed by atoms with van der Waals surface area (Å²) in [6.45, 7) is 1.24. The number of anilines is 1. The summed E-state index contributed by atoms with van der Waals surface area (Å²) in [6.07, 6.45) is 2.25. The van der Waals surface area contributed by atoms with Gasteiger partial charge in [0, 0.05) is 23.9 Å². The van der Waals surface area contributed by atoms with Crippen LogP contribution in [0.25, 0.3) is 0 Å². The van der Waals surface area contributed by atoms with E-state index in [0.717, 1.165) is 18.7 Å². The molecule has 1 aromatic heterocycles. The van der Waals surface area contributed by atoms with Gasteiger partial charge in [0.2, 0.25) is 11.2 Å². The van der Waals surface area contributed by atoms with Crippen molar-refractivity contribution < 1.29 is 13.5 Å². The molecule has 0 N–H and O–H groups in total. The lowest BCUT2D eigenvalue weighted by Gasteiger charge is -2.18. The monoisotopic (exact) mass is 385 g/mol. The molecule has 0 amide bonds. The van der Waals surface area contributed by atoms with Crippen LogP contribution in [0.5, 0.6) is 5.75 Å². The van der Waals surface area contributed by atoms with Gasteiger partial charge in [0.05, 0.1) is 11.6 Å². The summed E-state index contributed by atoms with van der Waals surface area (Å²) in [4.78, 5) is 14.5. The normalized spacial score (nSPS) is 12.9. The number of rotatable bonds is 5. The van der Waals surface area contributed by atoms with Gasteiger partial charge in [-0.2, -0.15) is 0 Å². The molecule has 3 aromatic rings. The van der Waals surface area contributed by atoms with E-state index in [-0.39, 0.29) is 28.4 Å². The van der Waals surface area contributed by atoms with E-state index in [1.807, 2.05) is 12.1 Å². The quantitative estimate of drug-likeness (QED) is 0.645. The van der Waals surface area contributed by atoms with E-state index >= 15 is 0 Å². The highest BCUT2D eigenvalue weighted by molar-refractivity contribution is 6.31. The zero-order valence-corrected chi connectivity index (χ0v) is 15.2. The van der Waals surface area contributed by atoms with E-state index in [4.69, 9.17) is 20.8 Å². The van der Waals surface area contributed by atoms with Crippen LogP contribution in [-0.4, -0.2) is 6.54 Å². The molecule has 0 radical (unpaired) electrons. The van der Waals surface area contributed by atoms with E-state index < -0.39 is 5.82 Å². The van der Waals surface area contributed by atoms with Crippen LogP contribution in [0.4, 0.5) is 10.1 Å². The lowest BCUT2D eigenvalue weighted by molar-refractivity contribution is 0.284. The van der Waals surface area contributed by atoms with Crippen molar-refractivity contribution in [1.82, 2.24) is 0 Å². The minimum absolute atomic E-state index is 0.0277. The first-order valence-corrected chi connectivity index (χ1v) is 9.00. The van der Waals surface area contributed by atoms with Crippen molar-refractivity contribution in [3.63, 3.8) is 0 Å². The Bertz CT molecular complexity index is 1010. The maximum absolute atomic E-state index is 13.8. The number of halogens is 2. The van der Waals surface area contributed by atoms with Gasteiger partial charge in [-0.3, -0.25) is 4.79 Å². The summed E-state index contributed by atoms with van der Waals surface area (Å²) in [5.74, 6) is 0.101. The molecule has 0 spiro atoms. The summed E-state index contributed by atoms with van der Waals surface area (Å²) >= 11 is 5.97. The second-order valence-electron chi connectivity index (χ2n) is 6.36. The molecule has 2 heterocycles. The van der Waals surface area contributed by atoms with E-state index in [0.29, 0.717) is 12.3 Å². The second-order valence-corrected chi connectivity index (χ2v) is 6.77. The van der Waals surface area contributed by atoms with Crippen molar-refractivity contribution in [1.29, 1.82) is 0 Å². The fourth-order valence-corrected chi connectivity index (χ4v) is 3.42. The van der Waals surface area contributed by atoms with Gasteiger partial charge < -0.3 is 14.1 Å². The number of hydrogen-bond acceptors (Lipinski definition) is 4. The van der Waals surface area contributed by atoms with E-state index in [9.17, 15) is 9.18 Å². The van der Waals surface area contributed by atoms with Crippen molar-refractivity contribution in [2.45, 2.75) is 19.6 Å². The maximum atomic E-state index is 13.8. The molecule has 0 saturated heterocycles. The van der Waals surface area contributed by atoms with Gasteiger partial charge in [-0.25, -0.2) is 4.39 Å². The van der Waals surface area contributed by atoms with Gasteiger partial charge in [-0.15, -0.1) is 0 Å². The lowest BCUT2D eigenvalue weighted by atomic mass is 10.2. The molecule has 0 fully saturated rings. The van der Waals surface area contributed by atoms with Crippen molar-refractivity contribution in [2.24, 2.45) is 0 Å². The first kappa shape index (κ1) is 17.6. The average molecular weight is 386 g/mol. The molecule has 0 unspecified atom stereocenters. The molecule has 0 atom stereocenters. The molecule has 27 heavy (non-hydrogen) atoms. The molecule has 4 rings (SSSR count). The Morgan fingerprint density at radius 3 is 2.85 bits per heavy atom. The predicted molar refractivity (Wildman–Crippen MR) is 102 cm³/mol. The van der Waals surface area contributed by atoms with Crippen LogP contribution in [0, 0.1) is 5.82 Å². The smallest absolute Gasteiger partial charge is 0.227 e. The average Bonchev–Trinajstić information content (AvgIpc) is 3.06.